The molecule has 8 nitrogen and oxygen atoms in total. The van der Waals surface area contributed by atoms with Gasteiger partial charge in [0.2, 0.25) is 5.91 Å². The summed E-state index contributed by atoms with van der Waals surface area (Å²) in [6, 6.07) is 11.5. The third-order valence-electron chi connectivity index (χ3n) is 4.47. The van der Waals surface area contributed by atoms with Gasteiger partial charge in [-0.1, -0.05) is 23.9 Å². The molecule has 0 saturated heterocycles. The van der Waals surface area contributed by atoms with E-state index in [-0.39, 0.29) is 35.8 Å². The van der Waals surface area contributed by atoms with Gasteiger partial charge in [0, 0.05) is 12.8 Å². The summed E-state index contributed by atoms with van der Waals surface area (Å²) >= 11 is 1.15. The number of nitrogens with one attached hydrogen (secondary N) is 1. The van der Waals surface area contributed by atoms with E-state index in [4.69, 9.17) is 9.47 Å². The lowest BCUT2D eigenvalue weighted by molar-refractivity contribution is -0.113. The third-order valence-corrected chi connectivity index (χ3v) is 5.42. The number of carbonyl (C=O) groups excluding carboxylic acids is 1. The van der Waals surface area contributed by atoms with Crippen LogP contribution in [-0.4, -0.2) is 46.8 Å². The summed E-state index contributed by atoms with van der Waals surface area (Å²) in [6.07, 6.45) is 0. The van der Waals surface area contributed by atoms with Gasteiger partial charge >= 0.3 is 6.61 Å². The molecule has 1 heterocycles. The number of nitrogens with zero attached hydrogens (tertiary/aromatic N) is 3. The summed E-state index contributed by atoms with van der Waals surface area (Å²) in [5.41, 5.74) is 0.431. The summed E-state index contributed by atoms with van der Waals surface area (Å²) < 4.78 is 55.2. The Balaban J connectivity index is 1.63. The van der Waals surface area contributed by atoms with Crippen molar-refractivity contribution in [1.82, 2.24) is 14.8 Å². The van der Waals surface area contributed by atoms with E-state index in [1.807, 2.05) is 6.92 Å². The highest BCUT2D eigenvalue weighted by molar-refractivity contribution is 7.99. The van der Waals surface area contributed by atoms with E-state index in [0.717, 1.165) is 11.8 Å². The Bertz CT molecular complexity index is 1080. The van der Waals surface area contributed by atoms with E-state index in [2.05, 4.69) is 20.3 Å². The van der Waals surface area contributed by atoms with E-state index in [0.29, 0.717) is 23.3 Å². The average molecular weight is 497 g/mol. The molecule has 0 fully saturated rings. The minimum atomic E-state index is -2.92. The van der Waals surface area contributed by atoms with E-state index in [1.165, 1.54) is 36.4 Å². The van der Waals surface area contributed by atoms with Gasteiger partial charge in [-0.25, -0.2) is 4.39 Å². The summed E-state index contributed by atoms with van der Waals surface area (Å²) in [6.45, 7) is -0.692. The number of ether oxygens (including phenoxy) is 3. The van der Waals surface area contributed by atoms with Crippen LogP contribution in [0.5, 0.6) is 11.5 Å². The van der Waals surface area contributed by atoms with Crippen molar-refractivity contribution in [3.63, 3.8) is 0 Å². The molecule has 0 bridgehead atoms. The van der Waals surface area contributed by atoms with Gasteiger partial charge in [-0.05, 0) is 43.3 Å². The van der Waals surface area contributed by atoms with Crippen molar-refractivity contribution in [3.05, 3.63) is 60.2 Å². The topological polar surface area (TPSA) is 87.5 Å². The minimum Gasteiger partial charge on any atom is -0.483 e. The van der Waals surface area contributed by atoms with E-state index in [9.17, 15) is 18.0 Å². The highest BCUT2D eigenvalue weighted by Crippen LogP contribution is 2.24. The van der Waals surface area contributed by atoms with Crippen molar-refractivity contribution < 1.29 is 32.2 Å². The maximum atomic E-state index is 13.9. The van der Waals surface area contributed by atoms with Crippen LogP contribution in [0.15, 0.2) is 53.7 Å². The van der Waals surface area contributed by atoms with Gasteiger partial charge in [0.25, 0.3) is 0 Å². The largest absolute Gasteiger partial charge is 0.483 e. The second-order valence-corrected chi connectivity index (χ2v) is 7.97. The van der Waals surface area contributed by atoms with Crippen LogP contribution in [0, 0.1) is 5.82 Å². The zero-order valence-electron chi connectivity index (χ0n) is 18.4. The van der Waals surface area contributed by atoms with Gasteiger partial charge in [0.15, 0.2) is 22.5 Å². The third kappa shape index (κ3) is 7.12. The number of rotatable bonds is 12. The Morgan fingerprint density at radius 1 is 1.15 bits per heavy atom. The molecule has 2 aromatic carbocycles. The molecule has 1 atom stereocenters. The number of hydrogen-bond donors (Lipinski definition) is 1. The van der Waals surface area contributed by atoms with Gasteiger partial charge < -0.3 is 19.5 Å². The Kier molecular flexibility index (Phi) is 9.16. The number of halogens is 3. The maximum Gasteiger partial charge on any atom is 0.387 e. The number of hydrogen-bond acceptors (Lipinski definition) is 7. The molecule has 12 heteroatoms. The molecule has 3 aromatic rings. The lowest BCUT2D eigenvalue weighted by Gasteiger charge is -2.17. The van der Waals surface area contributed by atoms with Crippen LogP contribution in [0.2, 0.25) is 0 Å². The van der Waals surface area contributed by atoms with Crippen LogP contribution in [0.4, 0.5) is 18.9 Å². The fourth-order valence-electron chi connectivity index (χ4n) is 3.01. The molecule has 0 aliphatic carbocycles. The van der Waals surface area contributed by atoms with E-state index in [1.54, 1.807) is 23.8 Å². The molecule has 3 rings (SSSR count). The summed E-state index contributed by atoms with van der Waals surface area (Å²) in [5, 5.41) is 11.4. The van der Waals surface area contributed by atoms with Crippen LogP contribution >= 0.6 is 11.8 Å². The fraction of sp³-hybridized carbons (Fsp3) is 0.318. The van der Waals surface area contributed by atoms with E-state index < -0.39 is 12.4 Å². The van der Waals surface area contributed by atoms with Crippen molar-refractivity contribution in [2.24, 2.45) is 0 Å². The Hall–Kier alpha value is -3.25. The molecule has 1 aromatic heterocycles. The van der Waals surface area contributed by atoms with Gasteiger partial charge in [0.05, 0.1) is 18.4 Å². The molecule has 0 unspecified atom stereocenters. The first kappa shape index (κ1) is 25.4. The number of aromatic nitrogens is 3. The number of amides is 1. The maximum absolute atomic E-state index is 13.9. The van der Waals surface area contributed by atoms with Crippen LogP contribution in [-0.2, 0) is 16.1 Å². The molecule has 0 saturated carbocycles. The average Bonchev–Trinajstić information content (AvgIpc) is 3.21. The molecule has 182 valence electrons. The first-order valence-electron chi connectivity index (χ1n) is 10.1. The van der Waals surface area contributed by atoms with Crippen LogP contribution in [0.3, 0.4) is 0 Å². The van der Waals surface area contributed by atoms with Crippen molar-refractivity contribution in [2.45, 2.75) is 31.3 Å². The zero-order valence-corrected chi connectivity index (χ0v) is 19.2. The van der Waals surface area contributed by atoms with Crippen molar-refractivity contribution in [2.75, 3.05) is 24.8 Å². The molecular weight excluding hydrogens is 473 g/mol. The molecule has 0 aliphatic rings. The van der Waals surface area contributed by atoms with Crippen LogP contribution < -0.4 is 14.8 Å². The Labute approximate surface area is 198 Å². The predicted octanol–water partition coefficient (Wildman–Crippen LogP) is 4.54. The molecule has 1 N–H and O–H groups in total. The molecule has 34 heavy (non-hydrogen) atoms. The number of thioether (sulfide) groups is 1. The highest BCUT2D eigenvalue weighted by Gasteiger charge is 2.20. The minimum absolute atomic E-state index is 0.00672. The predicted molar refractivity (Wildman–Crippen MR) is 120 cm³/mol. The molecule has 0 aliphatic heterocycles. The smallest absolute Gasteiger partial charge is 0.387 e. The van der Waals surface area contributed by atoms with Gasteiger partial charge in [-0.2, -0.15) is 8.78 Å². The zero-order chi connectivity index (χ0) is 24.5. The second-order valence-electron chi connectivity index (χ2n) is 7.03. The number of para-hydroxylation sites is 1. The lowest BCUT2D eigenvalue weighted by Crippen LogP contribution is -2.18. The van der Waals surface area contributed by atoms with Gasteiger partial charge in [0.1, 0.15) is 12.4 Å². The first-order valence-corrected chi connectivity index (χ1v) is 11.1. The fourth-order valence-corrected chi connectivity index (χ4v) is 3.87. The SMILES string of the molecule is COC[C@H](C)n1c(COc2ccccc2F)nnc1SCC(=O)Nc1ccc(OC(F)F)cc1. The highest BCUT2D eigenvalue weighted by atomic mass is 32.2. The summed E-state index contributed by atoms with van der Waals surface area (Å²) in [4.78, 5) is 12.4. The molecule has 0 radical (unpaired) electrons. The van der Waals surface area contributed by atoms with Crippen molar-refractivity contribution >= 4 is 23.4 Å². The lowest BCUT2D eigenvalue weighted by atomic mass is 10.3. The Morgan fingerprint density at radius 2 is 1.88 bits per heavy atom. The molecule has 1 amide bonds. The molecular formula is C22H23F3N4O4S. The normalized spacial score (nSPS) is 11.9. The summed E-state index contributed by atoms with van der Waals surface area (Å²) in [7, 11) is 1.56. The molecule has 0 spiro atoms. The van der Waals surface area contributed by atoms with Crippen LogP contribution in [0.25, 0.3) is 0 Å². The van der Waals surface area contributed by atoms with E-state index >= 15 is 0 Å². The standard InChI is InChI=1S/C22H23F3N4O4S/c1-14(11-31-2)29-19(12-32-18-6-4-3-5-17(18)23)27-28-22(29)34-13-20(30)26-15-7-9-16(10-8-15)33-21(24)25/h3-10,14,21H,11-13H2,1-2H3,(H,26,30)/t14-/m0/s1. The number of benzene rings is 2. The number of alkyl halides is 2. The number of anilines is 1. The Morgan fingerprint density at radius 3 is 2.56 bits per heavy atom. The quantitative estimate of drug-likeness (QED) is 0.369. The first-order chi connectivity index (χ1) is 16.4. The number of carbonyl (C=O) groups is 1. The monoisotopic (exact) mass is 496 g/mol. The van der Waals surface area contributed by atoms with Crippen LogP contribution in [0.1, 0.15) is 18.8 Å². The second kappa shape index (κ2) is 12.3. The van der Waals surface area contributed by atoms with Gasteiger partial charge in [-0.15, -0.1) is 10.2 Å². The number of methoxy groups -OCH3 is 1. The van der Waals surface area contributed by atoms with Crippen molar-refractivity contribution in [3.8, 4) is 11.5 Å². The summed E-state index contributed by atoms with van der Waals surface area (Å²) in [5.74, 6) is -0.265. The van der Waals surface area contributed by atoms with Crippen molar-refractivity contribution in [1.29, 1.82) is 0 Å². The van der Waals surface area contributed by atoms with Gasteiger partial charge in [-0.3, -0.25) is 9.36 Å².